The van der Waals surface area contributed by atoms with Crippen molar-refractivity contribution in [3.8, 4) is 0 Å². The largest absolute Gasteiger partial charge is 0.378 e. The quantitative estimate of drug-likeness (QED) is 0.573. The van der Waals surface area contributed by atoms with E-state index < -0.39 is 0 Å². The second-order valence-corrected chi connectivity index (χ2v) is 8.89. The monoisotopic (exact) mass is 425 g/mol. The fourth-order valence-corrected chi connectivity index (χ4v) is 4.65. The summed E-state index contributed by atoms with van der Waals surface area (Å²) in [7, 11) is 0. The summed E-state index contributed by atoms with van der Waals surface area (Å²) in [6.45, 7) is 5.24. The van der Waals surface area contributed by atoms with E-state index in [0.717, 1.165) is 59.0 Å². The van der Waals surface area contributed by atoms with Crippen LogP contribution in [0.5, 0.6) is 0 Å². The highest BCUT2D eigenvalue weighted by atomic mass is 32.2. The Morgan fingerprint density at radius 2 is 2.00 bits per heavy atom. The minimum Gasteiger partial charge on any atom is -0.378 e. The molecule has 7 heteroatoms. The summed E-state index contributed by atoms with van der Waals surface area (Å²) in [4.78, 5) is 20.5. The molecule has 3 aromatic rings. The minimum absolute atomic E-state index is 0.101. The van der Waals surface area contributed by atoms with Gasteiger partial charge in [0.25, 0.3) is 5.91 Å². The number of anilines is 2. The van der Waals surface area contributed by atoms with Crippen molar-refractivity contribution in [2.45, 2.75) is 17.6 Å². The van der Waals surface area contributed by atoms with E-state index in [0.29, 0.717) is 5.56 Å². The lowest BCUT2D eigenvalue weighted by Gasteiger charge is -2.29. The summed E-state index contributed by atoms with van der Waals surface area (Å²) >= 11 is 3.40. The first-order valence-electron chi connectivity index (χ1n) is 9.55. The Hall–Kier alpha value is -2.35. The maximum absolute atomic E-state index is 12.6. The molecule has 1 saturated heterocycles. The number of nitrogens with one attached hydrogen (secondary N) is 1. The summed E-state index contributed by atoms with van der Waals surface area (Å²) in [5.74, 6) is 0.736. The number of hydrogen-bond acceptors (Lipinski definition) is 6. The Balaban J connectivity index is 1.35. The molecule has 4 rings (SSSR count). The van der Waals surface area contributed by atoms with Gasteiger partial charge in [-0.3, -0.25) is 4.79 Å². The number of thioether (sulfide) groups is 1. The molecule has 0 bridgehead atoms. The topological polar surface area (TPSA) is 54.5 Å². The fourth-order valence-electron chi connectivity index (χ4n) is 3.14. The van der Waals surface area contributed by atoms with Gasteiger partial charge in [0.15, 0.2) is 0 Å². The van der Waals surface area contributed by atoms with Crippen molar-refractivity contribution in [3.05, 3.63) is 70.2 Å². The standard InChI is InChI=1S/C22H23N3O2S2/c1-16-23-19(14-28-16)15-29-21-7-5-17(6-8-21)22(26)24-18-3-2-4-20(13-18)25-9-11-27-12-10-25/h2-8,13-14H,9-12,15H2,1H3,(H,24,26). The highest BCUT2D eigenvalue weighted by molar-refractivity contribution is 7.98. The van der Waals surface area contributed by atoms with Gasteiger partial charge in [0, 0.05) is 46.1 Å². The van der Waals surface area contributed by atoms with Crippen LogP contribution in [0.15, 0.2) is 58.8 Å². The Bertz CT molecular complexity index is 966. The van der Waals surface area contributed by atoms with E-state index in [-0.39, 0.29) is 5.91 Å². The van der Waals surface area contributed by atoms with Crippen LogP contribution in [0.4, 0.5) is 11.4 Å². The third kappa shape index (κ3) is 5.38. The number of amides is 1. The van der Waals surface area contributed by atoms with Crippen molar-refractivity contribution in [2.75, 3.05) is 36.5 Å². The molecule has 1 aromatic heterocycles. The zero-order valence-corrected chi connectivity index (χ0v) is 17.9. The number of morpholine rings is 1. The molecule has 0 atom stereocenters. The number of hydrogen-bond donors (Lipinski definition) is 1. The van der Waals surface area contributed by atoms with Crippen LogP contribution in [0.1, 0.15) is 21.1 Å². The third-order valence-electron chi connectivity index (χ3n) is 4.65. The van der Waals surface area contributed by atoms with Gasteiger partial charge >= 0.3 is 0 Å². The lowest BCUT2D eigenvalue weighted by molar-refractivity contribution is 0.102. The van der Waals surface area contributed by atoms with Crippen LogP contribution in [-0.2, 0) is 10.5 Å². The van der Waals surface area contributed by atoms with Crippen LogP contribution in [-0.4, -0.2) is 37.2 Å². The molecule has 150 valence electrons. The van der Waals surface area contributed by atoms with Gasteiger partial charge in [-0.2, -0.15) is 0 Å². The molecule has 29 heavy (non-hydrogen) atoms. The summed E-state index contributed by atoms with van der Waals surface area (Å²) < 4.78 is 5.41. The lowest BCUT2D eigenvalue weighted by atomic mass is 10.2. The van der Waals surface area contributed by atoms with Gasteiger partial charge < -0.3 is 15.0 Å². The van der Waals surface area contributed by atoms with Crippen LogP contribution in [0.3, 0.4) is 0 Å². The molecule has 2 aromatic carbocycles. The number of nitrogens with zero attached hydrogens (tertiary/aromatic N) is 2. The average Bonchev–Trinajstić information content (AvgIpc) is 3.18. The predicted molar refractivity (Wildman–Crippen MR) is 120 cm³/mol. The van der Waals surface area contributed by atoms with E-state index in [1.54, 1.807) is 23.1 Å². The molecule has 1 aliphatic rings. The molecule has 2 heterocycles. The highest BCUT2D eigenvalue weighted by Crippen LogP contribution is 2.25. The van der Waals surface area contributed by atoms with Crippen LogP contribution in [0.2, 0.25) is 0 Å². The Morgan fingerprint density at radius 1 is 1.21 bits per heavy atom. The SMILES string of the molecule is Cc1nc(CSc2ccc(C(=O)Nc3cccc(N4CCOCC4)c3)cc2)cs1. The Morgan fingerprint density at radius 3 is 2.72 bits per heavy atom. The van der Waals surface area contributed by atoms with Gasteiger partial charge in [-0.25, -0.2) is 4.98 Å². The number of carbonyl (C=O) groups excluding carboxylic acids is 1. The zero-order valence-electron chi connectivity index (χ0n) is 16.3. The van der Waals surface area contributed by atoms with Crippen LogP contribution >= 0.6 is 23.1 Å². The van der Waals surface area contributed by atoms with E-state index in [9.17, 15) is 4.79 Å². The Labute approximate surface area is 179 Å². The van der Waals surface area contributed by atoms with Crippen molar-refractivity contribution < 1.29 is 9.53 Å². The third-order valence-corrected chi connectivity index (χ3v) is 6.52. The first-order chi connectivity index (χ1) is 14.2. The van der Waals surface area contributed by atoms with Gasteiger partial charge in [-0.05, 0) is 49.4 Å². The van der Waals surface area contributed by atoms with Crippen molar-refractivity contribution in [1.82, 2.24) is 4.98 Å². The second-order valence-electron chi connectivity index (χ2n) is 6.77. The molecule has 0 radical (unpaired) electrons. The number of thiazole rings is 1. The number of rotatable bonds is 6. The Kier molecular flexibility index (Phi) is 6.49. The molecular formula is C22H23N3O2S2. The molecule has 1 N–H and O–H groups in total. The van der Waals surface area contributed by atoms with Gasteiger partial charge in [-0.1, -0.05) is 6.07 Å². The molecule has 1 fully saturated rings. The minimum atomic E-state index is -0.101. The van der Waals surface area contributed by atoms with Gasteiger partial charge in [0.05, 0.1) is 23.9 Å². The predicted octanol–water partition coefficient (Wildman–Crippen LogP) is 4.83. The van der Waals surface area contributed by atoms with Crippen molar-refractivity contribution >= 4 is 40.4 Å². The molecule has 0 aliphatic carbocycles. The van der Waals surface area contributed by atoms with Crippen molar-refractivity contribution in [2.24, 2.45) is 0 Å². The van der Waals surface area contributed by atoms with Gasteiger partial charge in [-0.15, -0.1) is 23.1 Å². The van der Waals surface area contributed by atoms with E-state index in [1.165, 1.54) is 0 Å². The fraction of sp³-hybridized carbons (Fsp3) is 0.273. The van der Waals surface area contributed by atoms with Crippen LogP contribution < -0.4 is 10.2 Å². The number of aryl methyl sites for hydroxylation is 1. The molecule has 5 nitrogen and oxygen atoms in total. The molecule has 0 unspecified atom stereocenters. The zero-order chi connectivity index (χ0) is 20.1. The number of aromatic nitrogens is 1. The van der Waals surface area contributed by atoms with E-state index in [2.05, 4.69) is 26.6 Å². The average molecular weight is 426 g/mol. The van der Waals surface area contributed by atoms with E-state index in [4.69, 9.17) is 4.74 Å². The van der Waals surface area contributed by atoms with Crippen LogP contribution in [0.25, 0.3) is 0 Å². The number of benzene rings is 2. The summed E-state index contributed by atoms with van der Waals surface area (Å²) in [6, 6.07) is 15.7. The normalized spacial score (nSPS) is 14.0. The number of carbonyl (C=O) groups is 1. The molecular weight excluding hydrogens is 402 g/mol. The maximum Gasteiger partial charge on any atom is 0.255 e. The molecule has 0 saturated carbocycles. The van der Waals surface area contributed by atoms with E-state index >= 15 is 0 Å². The molecule has 1 amide bonds. The molecule has 0 spiro atoms. The van der Waals surface area contributed by atoms with Gasteiger partial charge in [0.2, 0.25) is 0 Å². The van der Waals surface area contributed by atoms with Crippen molar-refractivity contribution in [3.63, 3.8) is 0 Å². The maximum atomic E-state index is 12.6. The summed E-state index contributed by atoms with van der Waals surface area (Å²) in [5.41, 5.74) is 3.65. The van der Waals surface area contributed by atoms with E-state index in [1.807, 2.05) is 49.4 Å². The number of ether oxygens (including phenoxy) is 1. The molecule has 1 aliphatic heterocycles. The van der Waals surface area contributed by atoms with Crippen molar-refractivity contribution in [1.29, 1.82) is 0 Å². The second kappa shape index (κ2) is 9.43. The summed E-state index contributed by atoms with van der Waals surface area (Å²) in [6.07, 6.45) is 0. The summed E-state index contributed by atoms with van der Waals surface area (Å²) in [5, 5.41) is 6.19. The first-order valence-corrected chi connectivity index (χ1v) is 11.4. The smallest absolute Gasteiger partial charge is 0.255 e. The highest BCUT2D eigenvalue weighted by Gasteiger charge is 2.12. The van der Waals surface area contributed by atoms with Gasteiger partial charge in [0.1, 0.15) is 0 Å². The first kappa shape index (κ1) is 19.9. The van der Waals surface area contributed by atoms with Crippen LogP contribution in [0, 0.1) is 6.92 Å². The lowest BCUT2D eigenvalue weighted by Crippen LogP contribution is -2.36.